The third-order valence-electron chi connectivity index (χ3n) is 2.84. The van der Waals surface area contributed by atoms with Crippen LogP contribution in [0.15, 0.2) is 11.5 Å². The van der Waals surface area contributed by atoms with Crippen molar-refractivity contribution in [3.8, 4) is 0 Å². The molecule has 1 aromatic rings. The van der Waals surface area contributed by atoms with Gasteiger partial charge in [0.05, 0.1) is 5.75 Å². The largest absolute Gasteiger partial charge is 0.479 e. The van der Waals surface area contributed by atoms with Crippen molar-refractivity contribution in [1.29, 1.82) is 0 Å². The average molecular weight is 300 g/mol. The number of carboxylic acid groups (broad SMARTS) is 1. The number of nitrogens with one attached hydrogen (secondary N) is 1. The van der Waals surface area contributed by atoms with Gasteiger partial charge in [0.1, 0.15) is 6.33 Å². The Kier molecular flexibility index (Phi) is 4.96. The molecule has 0 bridgehead atoms. The normalized spacial score (nSPS) is 15.8. The van der Waals surface area contributed by atoms with Gasteiger partial charge in [0, 0.05) is 19.0 Å². The number of amides is 1. The molecule has 0 radical (unpaired) electrons. The molecule has 0 unspecified atom stereocenters. The molecule has 8 nitrogen and oxygen atoms in total. The van der Waals surface area contributed by atoms with E-state index in [-0.39, 0.29) is 24.6 Å². The summed E-state index contributed by atoms with van der Waals surface area (Å²) in [6, 6.07) is 0.460. The Morgan fingerprint density at radius 1 is 1.55 bits per heavy atom. The average Bonchev–Trinajstić information content (AvgIpc) is 3.15. The molecule has 0 aromatic carbocycles. The molecule has 3 N–H and O–H groups in total. The van der Waals surface area contributed by atoms with Crippen molar-refractivity contribution >= 4 is 23.6 Å². The van der Waals surface area contributed by atoms with Crippen LogP contribution in [0.2, 0.25) is 0 Å². The highest BCUT2D eigenvalue weighted by Gasteiger charge is 2.26. The number of aliphatic carboxylic acids is 1. The van der Waals surface area contributed by atoms with Crippen molar-refractivity contribution in [2.75, 3.05) is 12.3 Å². The van der Waals surface area contributed by atoms with Gasteiger partial charge in [-0.15, -0.1) is 10.2 Å². The van der Waals surface area contributed by atoms with E-state index in [4.69, 9.17) is 10.2 Å². The van der Waals surface area contributed by atoms with Crippen molar-refractivity contribution in [2.24, 2.45) is 0 Å². The predicted octanol–water partition coefficient (Wildman–Crippen LogP) is -0.343. The lowest BCUT2D eigenvalue weighted by Gasteiger charge is -2.07. The van der Waals surface area contributed by atoms with Crippen molar-refractivity contribution in [3.63, 3.8) is 0 Å². The van der Waals surface area contributed by atoms with Gasteiger partial charge in [0.2, 0.25) is 5.91 Å². The molecule has 2 rings (SSSR count). The summed E-state index contributed by atoms with van der Waals surface area (Å²) in [7, 11) is 0. The zero-order valence-corrected chi connectivity index (χ0v) is 11.5. The van der Waals surface area contributed by atoms with E-state index in [0.717, 1.165) is 12.8 Å². The molecule has 20 heavy (non-hydrogen) atoms. The molecule has 1 saturated carbocycles. The van der Waals surface area contributed by atoms with Gasteiger partial charge in [-0.05, 0) is 12.8 Å². The van der Waals surface area contributed by atoms with Gasteiger partial charge in [-0.3, -0.25) is 4.79 Å². The second-order valence-corrected chi connectivity index (χ2v) is 5.48. The Labute approximate surface area is 119 Å². The number of aliphatic hydroxyl groups is 1. The number of hydrogen-bond acceptors (Lipinski definition) is 6. The van der Waals surface area contributed by atoms with E-state index in [9.17, 15) is 9.59 Å². The highest BCUT2D eigenvalue weighted by Crippen LogP contribution is 2.37. The summed E-state index contributed by atoms with van der Waals surface area (Å²) >= 11 is 1.29. The molecule has 110 valence electrons. The lowest BCUT2D eigenvalue weighted by molar-refractivity contribution is -0.147. The number of hydrogen-bond donors (Lipinski definition) is 3. The third kappa shape index (κ3) is 4.20. The van der Waals surface area contributed by atoms with Crippen LogP contribution in [0.3, 0.4) is 0 Å². The summed E-state index contributed by atoms with van der Waals surface area (Å²) in [5, 5.41) is 28.6. The molecule has 0 spiro atoms. The second-order valence-electron chi connectivity index (χ2n) is 4.53. The van der Waals surface area contributed by atoms with Crippen LogP contribution >= 0.6 is 11.8 Å². The number of carbonyl (C=O) groups is 2. The molecular weight excluding hydrogens is 284 g/mol. The van der Waals surface area contributed by atoms with Crippen LogP contribution in [0, 0.1) is 0 Å². The highest BCUT2D eigenvalue weighted by atomic mass is 32.2. The Hall–Kier alpha value is -1.61. The van der Waals surface area contributed by atoms with Gasteiger partial charge < -0.3 is 20.1 Å². The quantitative estimate of drug-likeness (QED) is 0.562. The minimum Gasteiger partial charge on any atom is -0.479 e. The molecule has 1 aliphatic rings. The number of rotatable bonds is 8. The SMILES string of the molecule is O=C(CSc1nncn1C1CC1)NCC[C@H](O)C(=O)O. The number of thioether (sulfide) groups is 1. The van der Waals surface area contributed by atoms with Crippen molar-refractivity contribution in [2.45, 2.75) is 36.6 Å². The molecule has 1 aromatic heterocycles. The van der Waals surface area contributed by atoms with E-state index in [2.05, 4.69) is 15.5 Å². The highest BCUT2D eigenvalue weighted by molar-refractivity contribution is 7.99. The van der Waals surface area contributed by atoms with Gasteiger partial charge in [-0.1, -0.05) is 11.8 Å². The van der Waals surface area contributed by atoms with Gasteiger partial charge in [-0.2, -0.15) is 0 Å². The third-order valence-corrected chi connectivity index (χ3v) is 3.80. The van der Waals surface area contributed by atoms with E-state index >= 15 is 0 Å². The van der Waals surface area contributed by atoms with Gasteiger partial charge in [-0.25, -0.2) is 4.79 Å². The van der Waals surface area contributed by atoms with E-state index in [1.807, 2.05) is 4.57 Å². The van der Waals surface area contributed by atoms with E-state index < -0.39 is 12.1 Å². The zero-order chi connectivity index (χ0) is 14.5. The van der Waals surface area contributed by atoms with Crippen LogP contribution < -0.4 is 5.32 Å². The van der Waals surface area contributed by atoms with Gasteiger partial charge in [0.15, 0.2) is 11.3 Å². The lowest BCUT2D eigenvalue weighted by Crippen LogP contribution is -2.31. The molecule has 0 aliphatic heterocycles. The molecule has 1 atom stereocenters. The summed E-state index contributed by atoms with van der Waals surface area (Å²) in [6.45, 7) is 0.127. The van der Waals surface area contributed by atoms with Crippen molar-refractivity contribution in [1.82, 2.24) is 20.1 Å². The molecule has 9 heteroatoms. The van der Waals surface area contributed by atoms with Crippen molar-refractivity contribution in [3.05, 3.63) is 6.33 Å². The minimum atomic E-state index is -1.44. The van der Waals surface area contributed by atoms with Gasteiger partial charge >= 0.3 is 5.97 Å². The summed E-state index contributed by atoms with van der Waals surface area (Å²) in [5.41, 5.74) is 0. The van der Waals surface area contributed by atoms with Crippen LogP contribution in [0.4, 0.5) is 0 Å². The van der Waals surface area contributed by atoms with Crippen LogP contribution in [0.5, 0.6) is 0 Å². The van der Waals surface area contributed by atoms with Crippen LogP contribution in [0.1, 0.15) is 25.3 Å². The number of carbonyl (C=O) groups excluding carboxylic acids is 1. The maximum absolute atomic E-state index is 11.6. The number of carboxylic acids is 1. The van der Waals surface area contributed by atoms with Crippen LogP contribution in [-0.2, 0) is 9.59 Å². The number of aliphatic hydroxyl groups excluding tert-OH is 1. The lowest BCUT2D eigenvalue weighted by atomic mass is 10.2. The van der Waals surface area contributed by atoms with E-state index in [1.165, 1.54) is 11.8 Å². The van der Waals surface area contributed by atoms with Crippen LogP contribution in [-0.4, -0.2) is 55.3 Å². The topological polar surface area (TPSA) is 117 Å². The Morgan fingerprint density at radius 2 is 2.30 bits per heavy atom. The summed E-state index contributed by atoms with van der Waals surface area (Å²) in [4.78, 5) is 21.9. The standard InChI is InChI=1S/C11H16N4O4S/c16-8(10(18)19)3-4-12-9(17)5-20-11-14-13-6-15(11)7-1-2-7/h6-8,16H,1-5H2,(H,12,17)(H,18,19)/t8-/m0/s1. The fraction of sp³-hybridized carbons (Fsp3) is 0.636. The maximum Gasteiger partial charge on any atom is 0.332 e. The van der Waals surface area contributed by atoms with Gasteiger partial charge in [0.25, 0.3) is 0 Å². The molecular formula is C11H16N4O4S. The Morgan fingerprint density at radius 3 is 2.95 bits per heavy atom. The first-order chi connectivity index (χ1) is 9.58. The monoisotopic (exact) mass is 300 g/mol. The summed E-state index contributed by atoms with van der Waals surface area (Å²) in [5.74, 6) is -1.32. The van der Waals surface area contributed by atoms with E-state index in [0.29, 0.717) is 11.2 Å². The molecule has 1 heterocycles. The van der Waals surface area contributed by atoms with Crippen molar-refractivity contribution < 1.29 is 19.8 Å². The first-order valence-electron chi connectivity index (χ1n) is 6.28. The smallest absolute Gasteiger partial charge is 0.332 e. The fourth-order valence-electron chi connectivity index (χ4n) is 1.59. The maximum atomic E-state index is 11.6. The molecule has 1 aliphatic carbocycles. The Bertz CT molecular complexity index is 489. The second kappa shape index (κ2) is 6.71. The van der Waals surface area contributed by atoms with Crippen LogP contribution in [0.25, 0.3) is 0 Å². The Balaban J connectivity index is 1.67. The molecule has 1 fully saturated rings. The number of aromatic nitrogens is 3. The summed E-state index contributed by atoms with van der Waals surface area (Å²) < 4.78 is 1.96. The molecule has 1 amide bonds. The number of nitrogens with zero attached hydrogens (tertiary/aromatic N) is 3. The summed E-state index contributed by atoms with van der Waals surface area (Å²) in [6.07, 6.45) is 2.45. The first-order valence-corrected chi connectivity index (χ1v) is 7.26. The zero-order valence-electron chi connectivity index (χ0n) is 10.7. The first kappa shape index (κ1) is 14.8. The predicted molar refractivity (Wildman–Crippen MR) is 70.3 cm³/mol. The minimum absolute atomic E-state index is 0.00992. The van der Waals surface area contributed by atoms with E-state index in [1.54, 1.807) is 6.33 Å². The fourth-order valence-corrected chi connectivity index (χ4v) is 2.40. The molecule has 0 saturated heterocycles.